The first kappa shape index (κ1) is 15.9. The third-order valence-electron chi connectivity index (χ3n) is 3.09. The van der Waals surface area contributed by atoms with Gasteiger partial charge >= 0.3 is 0 Å². The van der Waals surface area contributed by atoms with Gasteiger partial charge in [-0.2, -0.15) is 5.10 Å². The minimum Gasteiger partial charge on any atom is -0.493 e. The number of aliphatic hydroxyl groups is 1. The van der Waals surface area contributed by atoms with E-state index in [0.717, 1.165) is 11.4 Å². The summed E-state index contributed by atoms with van der Waals surface area (Å²) in [6.07, 6.45) is 0. The third-order valence-corrected chi connectivity index (χ3v) is 3.86. The lowest BCUT2D eigenvalue weighted by Crippen LogP contribution is -2.05. The Bertz CT molecular complexity index is 656. The number of aromatic nitrogens is 2. The molecule has 1 N–H and O–H groups in total. The van der Waals surface area contributed by atoms with Crippen LogP contribution in [0.3, 0.4) is 0 Å². The molecular formula is C14H16Cl2N2O3. The van der Waals surface area contributed by atoms with E-state index in [1.165, 1.54) is 7.11 Å². The molecule has 0 aliphatic heterocycles. The van der Waals surface area contributed by atoms with E-state index in [2.05, 4.69) is 5.10 Å². The Hall–Kier alpha value is -1.43. The van der Waals surface area contributed by atoms with Crippen LogP contribution >= 0.6 is 23.2 Å². The predicted molar refractivity (Wildman–Crippen MR) is 81.2 cm³/mol. The van der Waals surface area contributed by atoms with E-state index in [9.17, 15) is 5.11 Å². The highest BCUT2D eigenvalue weighted by atomic mass is 35.5. The molecule has 1 aromatic heterocycles. The van der Waals surface area contributed by atoms with Crippen LogP contribution in [0.4, 0.5) is 0 Å². The van der Waals surface area contributed by atoms with Crippen molar-refractivity contribution in [3.63, 3.8) is 0 Å². The highest BCUT2D eigenvalue weighted by Gasteiger charge is 2.16. The number of aryl methyl sites for hydroxylation is 2. The van der Waals surface area contributed by atoms with Crippen LogP contribution < -0.4 is 9.47 Å². The molecule has 114 valence electrons. The minimum atomic E-state index is -0.122. The molecule has 0 aliphatic carbocycles. The summed E-state index contributed by atoms with van der Waals surface area (Å²) < 4.78 is 12.6. The van der Waals surface area contributed by atoms with Gasteiger partial charge in [-0.3, -0.25) is 4.68 Å². The van der Waals surface area contributed by atoms with Gasteiger partial charge in [0.25, 0.3) is 0 Å². The zero-order chi connectivity index (χ0) is 15.6. The van der Waals surface area contributed by atoms with Gasteiger partial charge in [0.2, 0.25) is 0 Å². The normalized spacial score (nSPS) is 10.8. The number of hydrogen-bond donors (Lipinski definition) is 1. The summed E-state index contributed by atoms with van der Waals surface area (Å²) in [4.78, 5) is 0. The van der Waals surface area contributed by atoms with Gasteiger partial charge in [-0.05, 0) is 24.6 Å². The Morgan fingerprint density at radius 1 is 1.33 bits per heavy atom. The highest BCUT2D eigenvalue weighted by Crippen LogP contribution is 2.37. The van der Waals surface area contributed by atoms with E-state index in [-0.39, 0.29) is 13.2 Å². The number of hydrogen-bond acceptors (Lipinski definition) is 4. The molecule has 1 aromatic carbocycles. The number of aliphatic hydroxyl groups excluding tert-OH is 1. The summed E-state index contributed by atoms with van der Waals surface area (Å²) in [7, 11) is 3.31. The second-order valence-corrected chi connectivity index (χ2v) is 5.31. The Morgan fingerprint density at radius 3 is 2.57 bits per heavy atom. The summed E-state index contributed by atoms with van der Waals surface area (Å²) in [5.41, 5.74) is 2.14. The number of ether oxygens (including phenoxy) is 2. The van der Waals surface area contributed by atoms with Crippen molar-refractivity contribution in [3.8, 4) is 11.5 Å². The van der Waals surface area contributed by atoms with E-state index in [1.807, 2.05) is 6.92 Å². The number of rotatable bonds is 5. The molecule has 2 aromatic rings. The average molecular weight is 331 g/mol. The molecule has 0 unspecified atom stereocenters. The molecule has 0 saturated heterocycles. The van der Waals surface area contributed by atoms with Crippen LogP contribution in [-0.2, 0) is 20.3 Å². The second kappa shape index (κ2) is 6.56. The summed E-state index contributed by atoms with van der Waals surface area (Å²) in [6, 6.07) is 3.31. The Kier molecular flexibility index (Phi) is 4.98. The number of benzene rings is 1. The van der Waals surface area contributed by atoms with Crippen molar-refractivity contribution in [1.29, 1.82) is 0 Å². The van der Waals surface area contributed by atoms with Crippen molar-refractivity contribution in [2.24, 2.45) is 7.05 Å². The van der Waals surface area contributed by atoms with E-state index in [4.69, 9.17) is 32.7 Å². The van der Waals surface area contributed by atoms with Gasteiger partial charge < -0.3 is 14.6 Å². The summed E-state index contributed by atoms with van der Waals surface area (Å²) >= 11 is 12.4. The minimum absolute atomic E-state index is 0.122. The van der Waals surface area contributed by atoms with Crippen LogP contribution in [0.25, 0.3) is 0 Å². The lowest BCUT2D eigenvalue weighted by atomic mass is 10.2. The number of methoxy groups -OCH3 is 1. The van der Waals surface area contributed by atoms with E-state index in [1.54, 1.807) is 23.9 Å². The summed E-state index contributed by atoms with van der Waals surface area (Å²) in [6.45, 7) is 1.92. The highest BCUT2D eigenvalue weighted by molar-refractivity contribution is 6.32. The van der Waals surface area contributed by atoms with E-state index < -0.39 is 0 Å². The molecule has 0 aliphatic rings. The van der Waals surface area contributed by atoms with Crippen molar-refractivity contribution in [2.45, 2.75) is 20.1 Å². The van der Waals surface area contributed by atoms with Gasteiger partial charge in [0.05, 0.1) is 35.1 Å². The maximum atomic E-state index is 9.17. The largest absolute Gasteiger partial charge is 0.493 e. The summed E-state index contributed by atoms with van der Waals surface area (Å²) in [5.74, 6) is 0.868. The van der Waals surface area contributed by atoms with Gasteiger partial charge in [-0.15, -0.1) is 0 Å². The lowest BCUT2D eigenvalue weighted by Gasteiger charge is -2.14. The molecule has 2 rings (SSSR count). The first-order chi connectivity index (χ1) is 9.97. The van der Waals surface area contributed by atoms with Crippen LogP contribution in [0.15, 0.2) is 12.1 Å². The molecule has 5 nitrogen and oxygen atoms in total. The lowest BCUT2D eigenvalue weighted by molar-refractivity contribution is 0.270. The first-order valence-corrected chi connectivity index (χ1v) is 7.01. The second-order valence-electron chi connectivity index (χ2n) is 4.53. The van der Waals surface area contributed by atoms with Crippen molar-refractivity contribution in [1.82, 2.24) is 9.78 Å². The standard InChI is InChI=1S/C14H16Cl2N2O3/c1-8-13(16)11(18(2)17-8)7-21-14-10(15)4-9(6-19)5-12(14)20-3/h4-5,19H,6-7H2,1-3H3. The van der Waals surface area contributed by atoms with Gasteiger partial charge in [0.15, 0.2) is 11.5 Å². The Morgan fingerprint density at radius 2 is 2.05 bits per heavy atom. The predicted octanol–water partition coefficient (Wildman–Crippen LogP) is 3.12. The molecule has 0 radical (unpaired) electrons. The molecule has 0 atom stereocenters. The fourth-order valence-corrected chi connectivity index (χ4v) is 2.48. The Labute approximate surface area is 133 Å². The fourth-order valence-electron chi connectivity index (χ4n) is 1.98. The molecule has 0 spiro atoms. The average Bonchev–Trinajstić information content (AvgIpc) is 2.70. The molecule has 1 heterocycles. The van der Waals surface area contributed by atoms with Crippen molar-refractivity contribution in [3.05, 3.63) is 39.1 Å². The van der Waals surface area contributed by atoms with Crippen LogP contribution in [0.1, 0.15) is 17.0 Å². The topological polar surface area (TPSA) is 56.5 Å². The van der Waals surface area contributed by atoms with Crippen LogP contribution in [0.2, 0.25) is 10.0 Å². The third kappa shape index (κ3) is 3.26. The summed E-state index contributed by atoms with van der Waals surface area (Å²) in [5, 5.41) is 14.3. The Balaban J connectivity index is 2.27. The molecule has 0 fully saturated rings. The zero-order valence-corrected chi connectivity index (χ0v) is 13.5. The van der Waals surface area contributed by atoms with Crippen LogP contribution in [0, 0.1) is 6.92 Å². The van der Waals surface area contributed by atoms with Gasteiger partial charge in [-0.1, -0.05) is 23.2 Å². The molecule has 21 heavy (non-hydrogen) atoms. The molecular weight excluding hydrogens is 315 g/mol. The van der Waals surface area contributed by atoms with Gasteiger partial charge in [-0.25, -0.2) is 0 Å². The quantitative estimate of drug-likeness (QED) is 0.915. The van der Waals surface area contributed by atoms with E-state index >= 15 is 0 Å². The maximum Gasteiger partial charge on any atom is 0.180 e. The van der Waals surface area contributed by atoms with Crippen molar-refractivity contribution >= 4 is 23.2 Å². The first-order valence-electron chi connectivity index (χ1n) is 6.26. The maximum absolute atomic E-state index is 9.17. The molecule has 7 heteroatoms. The smallest absolute Gasteiger partial charge is 0.180 e. The SMILES string of the molecule is COc1cc(CO)cc(Cl)c1OCc1c(Cl)c(C)nn1C. The zero-order valence-electron chi connectivity index (χ0n) is 12.0. The van der Waals surface area contributed by atoms with Gasteiger partial charge in [0.1, 0.15) is 6.61 Å². The fraction of sp³-hybridized carbons (Fsp3) is 0.357. The van der Waals surface area contributed by atoms with Crippen LogP contribution in [-0.4, -0.2) is 22.0 Å². The molecule has 0 amide bonds. The molecule has 0 bridgehead atoms. The number of halogens is 2. The van der Waals surface area contributed by atoms with E-state index in [0.29, 0.717) is 27.1 Å². The van der Waals surface area contributed by atoms with Crippen LogP contribution in [0.5, 0.6) is 11.5 Å². The van der Waals surface area contributed by atoms with Crippen molar-refractivity contribution < 1.29 is 14.6 Å². The number of nitrogens with zero attached hydrogens (tertiary/aromatic N) is 2. The van der Waals surface area contributed by atoms with Crippen molar-refractivity contribution in [2.75, 3.05) is 7.11 Å². The van der Waals surface area contributed by atoms with Gasteiger partial charge in [0, 0.05) is 7.05 Å². The molecule has 0 saturated carbocycles. The monoisotopic (exact) mass is 330 g/mol.